The van der Waals surface area contributed by atoms with Gasteiger partial charge >= 0.3 is 6.18 Å². The maximum absolute atomic E-state index is 11.8. The summed E-state index contributed by atoms with van der Waals surface area (Å²) < 4.78 is 45.0. The standard InChI is InChI=1S/C12H16F3NO3/c13-12(14,15)8-18-6-10(17)7-19-11-4-2-1-3-9(11)5-16/h1-4,10,17H,5-8,16H2. The first kappa shape index (κ1) is 15.7. The number of hydrogen-bond donors (Lipinski definition) is 2. The van der Waals surface area contributed by atoms with Crippen LogP contribution in [0.25, 0.3) is 0 Å². The van der Waals surface area contributed by atoms with Crippen molar-refractivity contribution >= 4 is 0 Å². The van der Waals surface area contributed by atoms with Gasteiger partial charge in [0.05, 0.1) is 6.61 Å². The predicted molar refractivity (Wildman–Crippen MR) is 62.7 cm³/mol. The highest BCUT2D eigenvalue weighted by Crippen LogP contribution is 2.17. The van der Waals surface area contributed by atoms with E-state index >= 15 is 0 Å². The van der Waals surface area contributed by atoms with Gasteiger partial charge in [-0.25, -0.2) is 0 Å². The Morgan fingerprint density at radius 2 is 1.89 bits per heavy atom. The second-order valence-corrected chi connectivity index (χ2v) is 3.91. The normalized spacial score (nSPS) is 13.3. The summed E-state index contributed by atoms with van der Waals surface area (Å²) in [6.07, 6.45) is -5.53. The molecule has 0 aliphatic carbocycles. The van der Waals surface area contributed by atoms with Crippen LogP contribution in [-0.2, 0) is 11.3 Å². The van der Waals surface area contributed by atoms with Crippen LogP contribution in [-0.4, -0.2) is 37.2 Å². The van der Waals surface area contributed by atoms with E-state index in [-0.39, 0.29) is 13.2 Å². The van der Waals surface area contributed by atoms with Crippen LogP contribution in [0.1, 0.15) is 5.56 Å². The lowest BCUT2D eigenvalue weighted by Gasteiger charge is -2.15. The third-order valence-electron chi connectivity index (χ3n) is 2.20. The molecule has 0 saturated carbocycles. The number of aliphatic hydroxyl groups excluding tert-OH is 1. The van der Waals surface area contributed by atoms with Crippen LogP contribution in [0.4, 0.5) is 13.2 Å². The smallest absolute Gasteiger partial charge is 0.411 e. The summed E-state index contributed by atoms with van der Waals surface area (Å²) in [5.41, 5.74) is 6.25. The summed E-state index contributed by atoms with van der Waals surface area (Å²) in [5.74, 6) is 0.500. The molecule has 0 spiro atoms. The van der Waals surface area contributed by atoms with Crippen LogP contribution in [0.2, 0.25) is 0 Å². The molecule has 1 aromatic rings. The topological polar surface area (TPSA) is 64.7 Å². The summed E-state index contributed by atoms with van der Waals surface area (Å²) in [4.78, 5) is 0. The molecule has 0 heterocycles. The molecule has 1 aromatic carbocycles. The van der Waals surface area contributed by atoms with Gasteiger partial charge in [-0.15, -0.1) is 0 Å². The minimum Gasteiger partial charge on any atom is -0.490 e. The van der Waals surface area contributed by atoms with Crippen molar-refractivity contribution in [1.29, 1.82) is 0 Å². The van der Waals surface area contributed by atoms with E-state index in [0.717, 1.165) is 5.56 Å². The molecule has 0 aliphatic rings. The molecule has 4 nitrogen and oxygen atoms in total. The fraction of sp³-hybridized carbons (Fsp3) is 0.500. The predicted octanol–water partition coefficient (Wildman–Crippen LogP) is 1.46. The SMILES string of the molecule is NCc1ccccc1OCC(O)COCC(F)(F)F. The van der Waals surface area contributed by atoms with Gasteiger partial charge in [0.15, 0.2) is 0 Å². The van der Waals surface area contributed by atoms with Gasteiger partial charge in [-0.1, -0.05) is 18.2 Å². The molecule has 108 valence electrons. The average molecular weight is 279 g/mol. The fourth-order valence-corrected chi connectivity index (χ4v) is 1.36. The minimum absolute atomic E-state index is 0.158. The van der Waals surface area contributed by atoms with E-state index in [9.17, 15) is 18.3 Å². The van der Waals surface area contributed by atoms with Crippen LogP contribution in [0.15, 0.2) is 24.3 Å². The molecule has 1 unspecified atom stereocenters. The number of halogens is 3. The van der Waals surface area contributed by atoms with Crippen molar-refractivity contribution in [2.75, 3.05) is 19.8 Å². The molecular formula is C12H16F3NO3. The number of nitrogens with two attached hydrogens (primary N) is 1. The van der Waals surface area contributed by atoms with E-state index in [4.69, 9.17) is 10.5 Å². The van der Waals surface area contributed by atoms with E-state index in [2.05, 4.69) is 4.74 Å². The lowest BCUT2D eigenvalue weighted by molar-refractivity contribution is -0.179. The van der Waals surface area contributed by atoms with Crippen LogP contribution in [0, 0.1) is 0 Å². The van der Waals surface area contributed by atoms with Gasteiger partial charge in [-0.2, -0.15) is 13.2 Å². The number of para-hydroxylation sites is 1. The summed E-state index contributed by atoms with van der Waals surface area (Å²) in [5, 5.41) is 9.42. The fourth-order valence-electron chi connectivity index (χ4n) is 1.36. The maximum atomic E-state index is 11.8. The van der Waals surface area contributed by atoms with E-state index < -0.39 is 25.5 Å². The minimum atomic E-state index is -4.40. The average Bonchev–Trinajstić information content (AvgIpc) is 2.35. The van der Waals surface area contributed by atoms with Gasteiger partial charge < -0.3 is 20.3 Å². The molecule has 0 fully saturated rings. The molecule has 19 heavy (non-hydrogen) atoms. The number of benzene rings is 1. The first-order valence-corrected chi connectivity index (χ1v) is 5.65. The quantitative estimate of drug-likeness (QED) is 0.793. The van der Waals surface area contributed by atoms with Crippen molar-refractivity contribution in [2.45, 2.75) is 18.8 Å². The lowest BCUT2D eigenvalue weighted by atomic mass is 10.2. The zero-order valence-corrected chi connectivity index (χ0v) is 10.2. The Morgan fingerprint density at radius 1 is 1.21 bits per heavy atom. The Labute approximate surface area is 108 Å². The van der Waals surface area contributed by atoms with E-state index in [1.165, 1.54) is 0 Å². The van der Waals surface area contributed by atoms with Gasteiger partial charge in [0.1, 0.15) is 25.1 Å². The van der Waals surface area contributed by atoms with E-state index in [1.54, 1.807) is 24.3 Å². The number of aliphatic hydroxyl groups is 1. The molecule has 7 heteroatoms. The van der Waals surface area contributed by atoms with Crippen molar-refractivity contribution in [3.8, 4) is 5.75 Å². The number of rotatable bonds is 7. The second kappa shape index (κ2) is 7.32. The van der Waals surface area contributed by atoms with Crippen LogP contribution < -0.4 is 10.5 Å². The van der Waals surface area contributed by atoms with Crippen LogP contribution in [0.3, 0.4) is 0 Å². The molecule has 0 aromatic heterocycles. The van der Waals surface area contributed by atoms with Crippen molar-refractivity contribution in [1.82, 2.24) is 0 Å². The van der Waals surface area contributed by atoms with Gasteiger partial charge in [0, 0.05) is 12.1 Å². The maximum Gasteiger partial charge on any atom is 0.411 e. The second-order valence-electron chi connectivity index (χ2n) is 3.91. The van der Waals surface area contributed by atoms with Crippen LogP contribution >= 0.6 is 0 Å². The summed E-state index contributed by atoms with van der Waals surface area (Å²) in [7, 11) is 0. The van der Waals surface area contributed by atoms with Crippen LogP contribution in [0.5, 0.6) is 5.75 Å². The van der Waals surface area contributed by atoms with Crippen molar-refractivity contribution in [2.24, 2.45) is 5.73 Å². The Hall–Kier alpha value is -1.31. The van der Waals surface area contributed by atoms with Crippen molar-refractivity contribution in [3.05, 3.63) is 29.8 Å². The number of ether oxygens (including phenoxy) is 2. The van der Waals surface area contributed by atoms with Gasteiger partial charge in [0.2, 0.25) is 0 Å². The van der Waals surface area contributed by atoms with E-state index in [0.29, 0.717) is 5.75 Å². The number of alkyl halides is 3. The molecule has 0 bridgehead atoms. The van der Waals surface area contributed by atoms with Gasteiger partial charge in [-0.05, 0) is 6.07 Å². The first-order chi connectivity index (χ1) is 8.92. The highest BCUT2D eigenvalue weighted by Gasteiger charge is 2.27. The zero-order valence-electron chi connectivity index (χ0n) is 10.2. The van der Waals surface area contributed by atoms with Crippen molar-refractivity contribution < 1.29 is 27.8 Å². The molecule has 1 atom stereocenters. The summed E-state index contributed by atoms with van der Waals surface area (Å²) in [6.45, 7) is -1.71. The Kier molecular flexibility index (Phi) is 6.07. The largest absolute Gasteiger partial charge is 0.490 e. The summed E-state index contributed by atoms with van der Waals surface area (Å²) in [6, 6.07) is 6.96. The monoisotopic (exact) mass is 279 g/mol. The summed E-state index contributed by atoms with van der Waals surface area (Å²) >= 11 is 0. The molecule has 0 amide bonds. The molecule has 0 aliphatic heterocycles. The van der Waals surface area contributed by atoms with Crippen molar-refractivity contribution in [3.63, 3.8) is 0 Å². The Bertz CT molecular complexity index is 385. The lowest BCUT2D eigenvalue weighted by Crippen LogP contribution is -2.27. The molecular weight excluding hydrogens is 263 g/mol. The zero-order chi connectivity index (χ0) is 14.3. The molecule has 3 N–H and O–H groups in total. The molecule has 0 radical (unpaired) electrons. The molecule has 1 rings (SSSR count). The third kappa shape index (κ3) is 6.42. The third-order valence-corrected chi connectivity index (χ3v) is 2.20. The highest BCUT2D eigenvalue weighted by molar-refractivity contribution is 5.32. The molecule has 0 saturated heterocycles. The Balaban J connectivity index is 2.32. The highest BCUT2D eigenvalue weighted by atomic mass is 19.4. The Morgan fingerprint density at radius 3 is 2.53 bits per heavy atom. The van der Waals surface area contributed by atoms with E-state index in [1.807, 2.05) is 0 Å². The van der Waals surface area contributed by atoms with Gasteiger partial charge in [-0.3, -0.25) is 0 Å². The first-order valence-electron chi connectivity index (χ1n) is 5.65. The van der Waals surface area contributed by atoms with Gasteiger partial charge in [0.25, 0.3) is 0 Å². The number of hydrogen-bond acceptors (Lipinski definition) is 4.